The Morgan fingerprint density at radius 2 is 1.93 bits per heavy atom. The fourth-order valence-corrected chi connectivity index (χ4v) is 3.31. The highest BCUT2D eigenvalue weighted by Gasteiger charge is 2.27. The molecule has 0 unspecified atom stereocenters. The number of nitrogens with one attached hydrogen (secondary N) is 1. The summed E-state index contributed by atoms with van der Waals surface area (Å²) in [4.78, 5) is 25.9. The second kappa shape index (κ2) is 9.59. The van der Waals surface area contributed by atoms with Crippen LogP contribution in [0.5, 0.6) is 0 Å². The van der Waals surface area contributed by atoms with Crippen LogP contribution in [0.2, 0.25) is 10.0 Å². The number of pyridine rings is 1. The minimum Gasteiger partial charge on any atom is -0.618 e. The van der Waals surface area contributed by atoms with Crippen molar-refractivity contribution in [2.24, 2.45) is 5.92 Å². The summed E-state index contributed by atoms with van der Waals surface area (Å²) in [7, 11) is 1.32. The van der Waals surface area contributed by atoms with E-state index >= 15 is 0 Å². The van der Waals surface area contributed by atoms with E-state index in [0.717, 1.165) is 11.1 Å². The van der Waals surface area contributed by atoms with Crippen LogP contribution in [-0.2, 0) is 4.79 Å². The maximum absolute atomic E-state index is 12.7. The topological polar surface area (TPSA) is 100 Å². The lowest BCUT2D eigenvalue weighted by atomic mass is 10.0. The van der Waals surface area contributed by atoms with Gasteiger partial charge >= 0.3 is 0 Å². The van der Waals surface area contributed by atoms with Crippen molar-refractivity contribution in [2.75, 3.05) is 7.05 Å². The summed E-state index contributed by atoms with van der Waals surface area (Å²) in [6.45, 7) is 3.78. The summed E-state index contributed by atoms with van der Waals surface area (Å²) in [5, 5.41) is 24.5. The van der Waals surface area contributed by atoms with Gasteiger partial charge in [-0.15, -0.1) is 0 Å². The van der Waals surface area contributed by atoms with Gasteiger partial charge in [0.05, 0.1) is 10.6 Å². The van der Waals surface area contributed by atoms with Gasteiger partial charge < -0.3 is 10.5 Å². The first kappa shape index (κ1) is 22.5. The monoisotopic (exact) mass is 434 g/mol. The van der Waals surface area contributed by atoms with Crippen LogP contribution in [0.4, 0.5) is 0 Å². The van der Waals surface area contributed by atoms with Gasteiger partial charge in [-0.25, -0.2) is 0 Å². The number of amides is 2. The Kier molecular flexibility index (Phi) is 7.43. The van der Waals surface area contributed by atoms with Crippen molar-refractivity contribution in [3.8, 4) is 17.5 Å². The van der Waals surface area contributed by atoms with Gasteiger partial charge in [0.2, 0.25) is 5.69 Å². The molecule has 0 saturated heterocycles. The number of likely N-dealkylation sites (N-methyl/N-ethyl adjacent to an activating group) is 1. The number of nitriles is 1. The number of carbonyl (C=O) groups is 2. The van der Waals surface area contributed by atoms with E-state index < -0.39 is 17.9 Å². The molecule has 0 aliphatic carbocycles. The van der Waals surface area contributed by atoms with Crippen molar-refractivity contribution in [2.45, 2.75) is 26.3 Å². The minimum atomic E-state index is -0.908. The summed E-state index contributed by atoms with van der Waals surface area (Å²) in [5.74, 6) is -1.09. The van der Waals surface area contributed by atoms with Crippen LogP contribution in [0, 0.1) is 22.6 Å². The van der Waals surface area contributed by atoms with Crippen LogP contribution in [0.15, 0.2) is 36.5 Å². The Labute approximate surface area is 179 Å². The third kappa shape index (κ3) is 5.37. The number of aromatic nitrogens is 1. The third-order valence-corrected chi connectivity index (χ3v) is 4.79. The van der Waals surface area contributed by atoms with E-state index in [1.165, 1.54) is 13.1 Å². The molecular weight excluding hydrogens is 415 g/mol. The van der Waals surface area contributed by atoms with Gasteiger partial charge in [-0.3, -0.25) is 14.5 Å². The molecule has 29 heavy (non-hydrogen) atoms. The highest BCUT2D eigenvalue weighted by molar-refractivity contribution is 6.36. The smallest absolute Gasteiger partial charge is 0.258 e. The number of halogens is 2. The summed E-state index contributed by atoms with van der Waals surface area (Å²) in [6, 6.07) is 7.14. The first-order valence-electron chi connectivity index (χ1n) is 8.81. The molecule has 7 nitrogen and oxygen atoms in total. The second-order valence-corrected chi connectivity index (χ2v) is 7.70. The average Bonchev–Trinajstić information content (AvgIpc) is 2.66. The highest BCUT2D eigenvalue weighted by Crippen LogP contribution is 2.30. The molecule has 0 spiro atoms. The van der Waals surface area contributed by atoms with E-state index in [1.807, 2.05) is 13.8 Å². The molecule has 0 aliphatic rings. The van der Waals surface area contributed by atoms with Crippen molar-refractivity contribution < 1.29 is 14.3 Å². The molecule has 0 fully saturated rings. The molecule has 1 atom stereocenters. The number of hydrogen-bond donors (Lipinski definition) is 1. The van der Waals surface area contributed by atoms with Crippen LogP contribution in [0.3, 0.4) is 0 Å². The standard InChI is InChI=1S/C20H20Cl2N4O3/c1-12(2)8-17(20(28)25(3)11-23)24-19(27)13-9-16(22)18(26(29)10-13)14-6-4-5-7-15(14)21/h4-7,9-10,12,17H,8H2,1-3H3,(H,24,27)/t17-/m0/s1. The molecule has 2 rings (SSSR count). The number of hydrogen-bond acceptors (Lipinski definition) is 4. The Balaban J connectivity index is 2.34. The fraction of sp³-hybridized carbons (Fsp3) is 0.300. The SMILES string of the molecule is CC(C)C[C@H](NC(=O)c1cc(Cl)c(-c2ccccc2Cl)[n+]([O-])c1)C(=O)N(C)C#N. The molecule has 1 heterocycles. The average molecular weight is 435 g/mol. The van der Waals surface area contributed by atoms with Crippen LogP contribution >= 0.6 is 23.2 Å². The number of nitrogens with zero attached hydrogens (tertiary/aromatic N) is 3. The van der Waals surface area contributed by atoms with Gasteiger partial charge in [0.1, 0.15) is 16.6 Å². The van der Waals surface area contributed by atoms with Crippen LogP contribution in [0.1, 0.15) is 30.6 Å². The van der Waals surface area contributed by atoms with E-state index in [-0.39, 0.29) is 22.2 Å². The Hall–Kier alpha value is -2.82. The van der Waals surface area contributed by atoms with Gasteiger partial charge in [0.25, 0.3) is 11.8 Å². The third-order valence-electron chi connectivity index (χ3n) is 4.17. The molecule has 0 saturated carbocycles. The first-order valence-corrected chi connectivity index (χ1v) is 9.57. The summed E-state index contributed by atoms with van der Waals surface area (Å²) < 4.78 is 0.471. The maximum Gasteiger partial charge on any atom is 0.258 e. The second-order valence-electron chi connectivity index (χ2n) is 6.88. The van der Waals surface area contributed by atoms with Crippen molar-refractivity contribution in [3.63, 3.8) is 0 Å². The van der Waals surface area contributed by atoms with E-state index in [2.05, 4.69) is 5.32 Å². The fourth-order valence-electron chi connectivity index (χ4n) is 2.78. The van der Waals surface area contributed by atoms with E-state index in [4.69, 9.17) is 28.5 Å². The van der Waals surface area contributed by atoms with Crippen LogP contribution < -0.4 is 10.0 Å². The zero-order valence-electron chi connectivity index (χ0n) is 16.1. The molecule has 9 heteroatoms. The number of carbonyl (C=O) groups excluding carboxylic acids is 2. The quantitative estimate of drug-likeness (QED) is 0.325. The van der Waals surface area contributed by atoms with Gasteiger partial charge in [-0.2, -0.15) is 9.99 Å². The molecule has 152 valence electrons. The maximum atomic E-state index is 12.7. The molecule has 1 aromatic carbocycles. The van der Waals surface area contributed by atoms with Crippen molar-refractivity contribution in [3.05, 3.63) is 57.3 Å². The molecule has 2 amide bonds. The minimum absolute atomic E-state index is 0.0121. The van der Waals surface area contributed by atoms with Crippen LogP contribution in [-0.4, -0.2) is 29.8 Å². The molecule has 0 aliphatic heterocycles. The van der Waals surface area contributed by atoms with Crippen molar-refractivity contribution in [1.29, 1.82) is 5.26 Å². The number of benzene rings is 1. The highest BCUT2D eigenvalue weighted by atomic mass is 35.5. The molecule has 0 bridgehead atoms. The van der Waals surface area contributed by atoms with Crippen molar-refractivity contribution in [1.82, 2.24) is 10.2 Å². The Morgan fingerprint density at radius 3 is 2.48 bits per heavy atom. The lowest BCUT2D eigenvalue weighted by Crippen LogP contribution is -2.47. The van der Waals surface area contributed by atoms with Gasteiger partial charge in [-0.05, 0) is 30.5 Å². The lowest BCUT2D eigenvalue weighted by molar-refractivity contribution is -0.593. The Morgan fingerprint density at radius 1 is 1.28 bits per heavy atom. The zero-order chi connectivity index (χ0) is 21.7. The molecule has 2 aromatic rings. The lowest BCUT2D eigenvalue weighted by Gasteiger charge is -2.21. The molecule has 0 radical (unpaired) electrons. The normalized spacial score (nSPS) is 11.6. The van der Waals surface area contributed by atoms with E-state index in [1.54, 1.807) is 30.5 Å². The molecule has 1 aromatic heterocycles. The number of rotatable bonds is 6. The van der Waals surface area contributed by atoms with Gasteiger partial charge in [0, 0.05) is 7.05 Å². The predicted molar refractivity (Wildman–Crippen MR) is 110 cm³/mol. The van der Waals surface area contributed by atoms with Gasteiger partial charge in [-0.1, -0.05) is 49.2 Å². The van der Waals surface area contributed by atoms with E-state index in [9.17, 15) is 14.8 Å². The summed E-state index contributed by atoms with van der Waals surface area (Å²) in [5.41, 5.74) is 0.541. The van der Waals surface area contributed by atoms with Crippen molar-refractivity contribution >= 4 is 35.0 Å². The summed E-state index contributed by atoms with van der Waals surface area (Å²) in [6.07, 6.45) is 3.13. The van der Waals surface area contributed by atoms with E-state index in [0.29, 0.717) is 21.7 Å². The molecular formula is C20H20Cl2N4O3. The largest absolute Gasteiger partial charge is 0.618 e. The predicted octanol–water partition coefficient (Wildman–Crippen LogP) is 3.38. The van der Waals surface area contributed by atoms with Crippen LogP contribution in [0.25, 0.3) is 11.3 Å². The van der Waals surface area contributed by atoms with Gasteiger partial charge in [0.15, 0.2) is 12.4 Å². The zero-order valence-corrected chi connectivity index (χ0v) is 17.7. The molecule has 1 N–H and O–H groups in total. The Bertz CT molecular complexity index is 949. The summed E-state index contributed by atoms with van der Waals surface area (Å²) >= 11 is 12.4. The first-order chi connectivity index (χ1) is 13.6.